The summed E-state index contributed by atoms with van der Waals surface area (Å²) in [6, 6.07) is 4.36. The van der Waals surface area contributed by atoms with Gasteiger partial charge in [-0.3, -0.25) is 0 Å². The number of rotatable bonds is 2. The predicted molar refractivity (Wildman–Crippen MR) is 77.9 cm³/mol. The number of anilines is 2. The van der Waals surface area contributed by atoms with E-state index < -0.39 is 51.8 Å². The number of phenolic OH excluding ortho intramolecular Hbond substituents is 2. The molecule has 136 valence electrons. The highest BCUT2D eigenvalue weighted by Crippen LogP contribution is 2.60. The van der Waals surface area contributed by atoms with Gasteiger partial charge in [-0.1, -0.05) is 24.3 Å². The molecule has 0 aromatic heterocycles. The molecule has 25 heavy (non-hydrogen) atoms. The quantitative estimate of drug-likeness (QED) is 0.371. The van der Waals surface area contributed by atoms with Crippen LogP contribution >= 0.6 is 0 Å². The van der Waals surface area contributed by atoms with Crippen molar-refractivity contribution in [2.75, 3.05) is 11.5 Å². The summed E-state index contributed by atoms with van der Waals surface area (Å²) in [5.74, 6) is -2.33. The first kappa shape index (κ1) is 18.6. The van der Waals surface area contributed by atoms with Gasteiger partial charge >= 0.3 is 12.4 Å². The maximum absolute atomic E-state index is 13.9. The minimum Gasteiger partial charge on any atom is -0.506 e. The van der Waals surface area contributed by atoms with Crippen molar-refractivity contribution in [1.29, 1.82) is 0 Å². The second-order valence-electron chi connectivity index (χ2n) is 5.23. The Balaban J connectivity index is 3.09. The topological polar surface area (TPSA) is 92.5 Å². The summed E-state index contributed by atoms with van der Waals surface area (Å²) < 4.78 is 83.1. The van der Waals surface area contributed by atoms with Gasteiger partial charge in [-0.25, -0.2) is 0 Å². The molecule has 6 N–H and O–H groups in total. The van der Waals surface area contributed by atoms with E-state index in [4.69, 9.17) is 11.5 Å². The molecular formula is C15H12F6N2O2. The fourth-order valence-corrected chi connectivity index (χ4v) is 2.66. The summed E-state index contributed by atoms with van der Waals surface area (Å²) in [4.78, 5) is 0. The van der Waals surface area contributed by atoms with Crippen LogP contribution in [0, 0.1) is 0 Å². The van der Waals surface area contributed by atoms with Crippen molar-refractivity contribution in [2.24, 2.45) is 0 Å². The van der Waals surface area contributed by atoms with E-state index >= 15 is 0 Å². The third kappa shape index (κ3) is 2.57. The van der Waals surface area contributed by atoms with Crippen molar-refractivity contribution in [1.82, 2.24) is 0 Å². The molecule has 0 spiro atoms. The Morgan fingerprint density at radius 3 is 1.72 bits per heavy atom. The molecule has 0 saturated carbocycles. The zero-order valence-corrected chi connectivity index (χ0v) is 12.3. The number of para-hydroxylation sites is 2. The van der Waals surface area contributed by atoms with Gasteiger partial charge in [-0.2, -0.15) is 26.3 Å². The molecule has 0 bridgehead atoms. The maximum Gasteiger partial charge on any atom is 0.411 e. The Bertz CT molecular complexity index is 734. The van der Waals surface area contributed by atoms with Gasteiger partial charge < -0.3 is 21.7 Å². The summed E-state index contributed by atoms with van der Waals surface area (Å²) in [5, 5.41) is 19.4. The highest BCUT2D eigenvalue weighted by Gasteiger charge is 2.74. The Morgan fingerprint density at radius 1 is 0.720 bits per heavy atom. The van der Waals surface area contributed by atoms with E-state index in [1.54, 1.807) is 0 Å². The smallest absolute Gasteiger partial charge is 0.411 e. The summed E-state index contributed by atoms with van der Waals surface area (Å²) >= 11 is 0. The minimum absolute atomic E-state index is 0.455. The van der Waals surface area contributed by atoms with Crippen molar-refractivity contribution in [3.05, 3.63) is 47.5 Å². The van der Waals surface area contributed by atoms with Crippen LogP contribution in [0.3, 0.4) is 0 Å². The number of hydrogen-bond acceptors (Lipinski definition) is 4. The summed E-state index contributed by atoms with van der Waals surface area (Å²) in [5.41, 5.74) is 1.13. The average Bonchev–Trinajstić information content (AvgIpc) is 2.45. The van der Waals surface area contributed by atoms with E-state index in [0.29, 0.717) is 12.1 Å². The van der Waals surface area contributed by atoms with E-state index in [-0.39, 0.29) is 0 Å². The van der Waals surface area contributed by atoms with Gasteiger partial charge in [0.05, 0.1) is 11.4 Å². The third-order valence-corrected chi connectivity index (χ3v) is 3.81. The molecule has 0 aliphatic carbocycles. The lowest BCUT2D eigenvalue weighted by Crippen LogP contribution is -2.55. The van der Waals surface area contributed by atoms with Crippen LogP contribution in [0.2, 0.25) is 0 Å². The third-order valence-electron chi connectivity index (χ3n) is 3.81. The van der Waals surface area contributed by atoms with Crippen molar-refractivity contribution in [3.63, 3.8) is 0 Å². The minimum atomic E-state index is -5.96. The highest BCUT2D eigenvalue weighted by atomic mass is 19.4. The second-order valence-corrected chi connectivity index (χ2v) is 5.23. The summed E-state index contributed by atoms with van der Waals surface area (Å²) in [7, 11) is 0. The molecule has 0 amide bonds. The Kier molecular flexibility index (Phi) is 4.19. The van der Waals surface area contributed by atoms with Gasteiger partial charge in [0.1, 0.15) is 11.5 Å². The molecule has 0 radical (unpaired) electrons. The number of hydrogen-bond donors (Lipinski definition) is 4. The molecule has 0 aliphatic rings. The number of nitrogen functional groups attached to an aromatic ring is 2. The number of benzene rings is 2. The van der Waals surface area contributed by atoms with Crippen molar-refractivity contribution in [2.45, 2.75) is 17.8 Å². The molecule has 0 heterocycles. The monoisotopic (exact) mass is 366 g/mol. The Labute approximate surface area is 137 Å². The molecule has 2 aromatic rings. The van der Waals surface area contributed by atoms with E-state index in [1.807, 2.05) is 0 Å². The van der Waals surface area contributed by atoms with E-state index in [1.165, 1.54) is 0 Å². The van der Waals surface area contributed by atoms with Crippen LogP contribution in [0.15, 0.2) is 36.4 Å². The van der Waals surface area contributed by atoms with E-state index in [9.17, 15) is 36.6 Å². The van der Waals surface area contributed by atoms with Gasteiger partial charge in [-0.05, 0) is 12.1 Å². The SMILES string of the molecule is Nc1cccc(C(c2cccc(O)c2N)(C(F)(F)F)C(F)(F)F)c1O. The molecular weight excluding hydrogens is 354 g/mol. The molecule has 0 fully saturated rings. The number of aromatic hydroxyl groups is 2. The standard InChI is InChI=1S/C15H12F6N2O2/c16-14(17,18)13(15(19,20)21,7-3-2-6-10(24)11(7)23)8-4-1-5-9(22)12(8)25/h1-6,24-25H,22-23H2. The Hall–Kier alpha value is -2.78. The normalized spacial score (nSPS) is 13.0. The maximum atomic E-state index is 13.9. The van der Waals surface area contributed by atoms with Crippen molar-refractivity contribution in [3.8, 4) is 11.5 Å². The molecule has 4 nitrogen and oxygen atoms in total. The fourth-order valence-electron chi connectivity index (χ4n) is 2.66. The number of nitrogens with two attached hydrogens (primary N) is 2. The zero-order valence-electron chi connectivity index (χ0n) is 12.3. The summed E-state index contributed by atoms with van der Waals surface area (Å²) in [6.45, 7) is 0. The van der Waals surface area contributed by atoms with E-state index in [0.717, 1.165) is 24.3 Å². The lowest BCUT2D eigenvalue weighted by Gasteiger charge is -2.39. The van der Waals surface area contributed by atoms with Crippen LogP contribution in [-0.4, -0.2) is 22.6 Å². The van der Waals surface area contributed by atoms with Crippen LogP contribution in [0.1, 0.15) is 11.1 Å². The molecule has 0 atom stereocenters. The number of phenols is 2. The van der Waals surface area contributed by atoms with Crippen molar-refractivity contribution < 1.29 is 36.6 Å². The van der Waals surface area contributed by atoms with Crippen LogP contribution in [0.4, 0.5) is 37.7 Å². The second kappa shape index (κ2) is 5.64. The molecule has 10 heteroatoms. The van der Waals surface area contributed by atoms with Crippen LogP contribution in [0.25, 0.3) is 0 Å². The number of halogens is 6. The van der Waals surface area contributed by atoms with Gasteiger partial charge in [0.2, 0.25) is 5.41 Å². The van der Waals surface area contributed by atoms with Gasteiger partial charge in [0, 0.05) is 11.1 Å². The average molecular weight is 366 g/mol. The fraction of sp³-hybridized carbons (Fsp3) is 0.200. The van der Waals surface area contributed by atoms with Gasteiger partial charge in [0.15, 0.2) is 0 Å². The van der Waals surface area contributed by atoms with Crippen LogP contribution in [0.5, 0.6) is 11.5 Å². The first-order chi connectivity index (χ1) is 11.4. The molecule has 0 saturated heterocycles. The molecule has 0 aliphatic heterocycles. The van der Waals surface area contributed by atoms with Gasteiger partial charge in [-0.15, -0.1) is 0 Å². The summed E-state index contributed by atoms with van der Waals surface area (Å²) in [6.07, 6.45) is -11.9. The first-order valence-electron chi connectivity index (χ1n) is 6.65. The van der Waals surface area contributed by atoms with Crippen LogP contribution in [-0.2, 0) is 5.41 Å². The molecule has 2 rings (SSSR count). The predicted octanol–water partition coefficient (Wildman–Crippen LogP) is 3.67. The van der Waals surface area contributed by atoms with Crippen LogP contribution < -0.4 is 11.5 Å². The van der Waals surface area contributed by atoms with Gasteiger partial charge in [0.25, 0.3) is 0 Å². The van der Waals surface area contributed by atoms with E-state index in [2.05, 4.69) is 0 Å². The largest absolute Gasteiger partial charge is 0.506 e. The molecule has 2 aromatic carbocycles. The lowest BCUT2D eigenvalue weighted by molar-refractivity contribution is -0.288. The highest BCUT2D eigenvalue weighted by molar-refractivity contribution is 5.68. The number of alkyl halides is 6. The lowest BCUT2D eigenvalue weighted by atomic mass is 9.71. The molecule has 0 unspecified atom stereocenters. The van der Waals surface area contributed by atoms with Crippen molar-refractivity contribution >= 4 is 11.4 Å². The zero-order chi connectivity index (χ0) is 19.2. The Morgan fingerprint density at radius 2 is 1.20 bits per heavy atom. The first-order valence-corrected chi connectivity index (χ1v) is 6.65.